The summed E-state index contributed by atoms with van der Waals surface area (Å²) < 4.78 is 0. The summed E-state index contributed by atoms with van der Waals surface area (Å²) in [5.74, 6) is 6.21. The number of hydrogen-bond donors (Lipinski definition) is 2. The van der Waals surface area contributed by atoms with Crippen molar-refractivity contribution in [3.63, 3.8) is 0 Å². The number of carbonyl (C=O) groups excluding carboxylic acids is 1. The van der Waals surface area contributed by atoms with E-state index in [1.54, 1.807) is 11.9 Å². The minimum atomic E-state index is -0.0901. The summed E-state index contributed by atoms with van der Waals surface area (Å²) in [6.07, 6.45) is 1.41. The van der Waals surface area contributed by atoms with Gasteiger partial charge in [0.25, 0.3) is 5.91 Å². The van der Waals surface area contributed by atoms with Crippen molar-refractivity contribution in [2.45, 2.75) is 6.54 Å². The molecule has 2 aromatic rings. The Kier molecular flexibility index (Phi) is 4.28. The van der Waals surface area contributed by atoms with Crippen LogP contribution in [0.1, 0.15) is 21.1 Å². The molecule has 0 bridgehead atoms. The van der Waals surface area contributed by atoms with Crippen LogP contribution in [0.4, 0.5) is 0 Å². The second kappa shape index (κ2) is 6.13. The van der Waals surface area contributed by atoms with Gasteiger partial charge in [0.15, 0.2) is 0 Å². The van der Waals surface area contributed by atoms with E-state index in [1.807, 2.05) is 11.4 Å². The summed E-state index contributed by atoms with van der Waals surface area (Å²) in [5.41, 5.74) is 6.05. The van der Waals surface area contributed by atoms with Gasteiger partial charge in [0, 0.05) is 12.6 Å². The number of nitrogens with two attached hydrogens (primary N) is 1. The van der Waals surface area contributed by atoms with Crippen LogP contribution in [-0.2, 0) is 6.54 Å². The molecule has 98 valence electrons. The number of aromatic amines is 1. The Morgan fingerprint density at radius 1 is 1.63 bits per heavy atom. The normalized spacial score (nSPS) is 9.79. The van der Waals surface area contributed by atoms with Crippen molar-refractivity contribution in [1.29, 1.82) is 0 Å². The molecule has 0 aliphatic heterocycles. The molecule has 0 unspecified atom stereocenters. The van der Waals surface area contributed by atoms with Crippen LogP contribution in [0.25, 0.3) is 0 Å². The van der Waals surface area contributed by atoms with E-state index in [2.05, 4.69) is 27.0 Å². The predicted molar refractivity (Wildman–Crippen MR) is 72.4 cm³/mol. The molecule has 1 amide bonds. The Balaban J connectivity index is 2.13. The van der Waals surface area contributed by atoms with Gasteiger partial charge in [0.1, 0.15) is 17.0 Å². The molecule has 2 aromatic heterocycles. The summed E-state index contributed by atoms with van der Waals surface area (Å²) in [4.78, 5) is 18.5. The molecule has 2 heterocycles. The van der Waals surface area contributed by atoms with Crippen LogP contribution in [0, 0.1) is 11.8 Å². The molecule has 7 heteroatoms. The molecule has 0 aliphatic carbocycles. The van der Waals surface area contributed by atoms with Crippen LogP contribution in [0.3, 0.4) is 0 Å². The maximum absolute atomic E-state index is 12.3. The number of nitrogens with one attached hydrogen (secondary N) is 1. The average Bonchev–Trinajstić information content (AvgIpc) is 3.06. The molecule has 0 radical (unpaired) electrons. The Morgan fingerprint density at radius 2 is 2.47 bits per heavy atom. The molecule has 0 aliphatic rings. The van der Waals surface area contributed by atoms with Crippen LogP contribution in [-0.4, -0.2) is 39.6 Å². The Morgan fingerprint density at radius 3 is 3.16 bits per heavy atom. The first kappa shape index (κ1) is 13.3. The maximum Gasteiger partial charge on any atom is 0.265 e. The second-order valence-corrected chi connectivity index (χ2v) is 4.68. The minimum absolute atomic E-state index is 0.0901. The second-order valence-electron chi connectivity index (χ2n) is 3.76. The van der Waals surface area contributed by atoms with Gasteiger partial charge in [-0.3, -0.25) is 9.89 Å². The van der Waals surface area contributed by atoms with Gasteiger partial charge in [-0.2, -0.15) is 5.10 Å². The van der Waals surface area contributed by atoms with Crippen LogP contribution in [0.15, 0.2) is 17.8 Å². The highest BCUT2D eigenvalue weighted by Gasteiger charge is 2.17. The molecule has 0 saturated carbocycles. The van der Waals surface area contributed by atoms with Crippen LogP contribution < -0.4 is 5.73 Å². The summed E-state index contributed by atoms with van der Waals surface area (Å²) in [6, 6.07) is 1.82. The molecule has 0 spiro atoms. The number of aromatic nitrogens is 3. The van der Waals surface area contributed by atoms with Gasteiger partial charge in [-0.1, -0.05) is 11.8 Å². The van der Waals surface area contributed by atoms with E-state index in [0.717, 1.165) is 0 Å². The van der Waals surface area contributed by atoms with Gasteiger partial charge in [0.05, 0.1) is 13.1 Å². The molecule has 0 saturated heterocycles. The van der Waals surface area contributed by atoms with Crippen molar-refractivity contribution in [2.75, 3.05) is 13.6 Å². The first-order chi connectivity index (χ1) is 9.22. The number of nitrogens with zero attached hydrogens (tertiary/aromatic N) is 3. The lowest BCUT2D eigenvalue weighted by Crippen LogP contribution is -2.26. The maximum atomic E-state index is 12.3. The first-order valence-electron chi connectivity index (χ1n) is 5.58. The van der Waals surface area contributed by atoms with Gasteiger partial charge in [-0.15, -0.1) is 11.3 Å². The summed E-state index contributed by atoms with van der Waals surface area (Å²) in [7, 11) is 1.71. The fraction of sp³-hybridized carbons (Fsp3) is 0.250. The van der Waals surface area contributed by atoms with Crippen molar-refractivity contribution >= 4 is 17.2 Å². The zero-order valence-electron chi connectivity index (χ0n) is 10.4. The fourth-order valence-electron chi connectivity index (χ4n) is 1.50. The molecule has 19 heavy (non-hydrogen) atoms. The molecule has 0 fully saturated rings. The lowest BCUT2D eigenvalue weighted by molar-refractivity contribution is 0.0786. The third-order valence-corrected chi connectivity index (χ3v) is 3.29. The van der Waals surface area contributed by atoms with Gasteiger partial charge in [-0.25, -0.2) is 4.98 Å². The van der Waals surface area contributed by atoms with Crippen LogP contribution in [0.5, 0.6) is 0 Å². The molecule has 0 atom stereocenters. The van der Waals surface area contributed by atoms with Crippen molar-refractivity contribution in [1.82, 2.24) is 20.1 Å². The standard InChI is InChI=1S/C12H13N5OS/c1-17(7-10-14-8-15-16-10)12(18)11-9(3-2-5-13)4-6-19-11/h4,6,8H,5,7,13H2,1H3,(H,14,15,16). The van der Waals surface area contributed by atoms with Gasteiger partial charge in [-0.05, 0) is 11.4 Å². The summed E-state index contributed by atoms with van der Waals surface area (Å²) in [5, 5.41) is 8.31. The Bertz CT molecular complexity index is 608. The zero-order chi connectivity index (χ0) is 13.7. The van der Waals surface area contributed by atoms with Crippen molar-refractivity contribution in [3.8, 4) is 11.8 Å². The molecular formula is C12H13N5OS. The number of hydrogen-bond acceptors (Lipinski definition) is 5. The van der Waals surface area contributed by atoms with Crippen molar-refractivity contribution < 1.29 is 4.79 Å². The molecule has 6 nitrogen and oxygen atoms in total. The van der Waals surface area contributed by atoms with E-state index in [-0.39, 0.29) is 12.5 Å². The lowest BCUT2D eigenvalue weighted by Gasteiger charge is -2.14. The highest BCUT2D eigenvalue weighted by atomic mass is 32.1. The Labute approximate surface area is 114 Å². The topological polar surface area (TPSA) is 87.9 Å². The van der Waals surface area contributed by atoms with E-state index in [0.29, 0.717) is 22.8 Å². The average molecular weight is 275 g/mol. The third-order valence-electron chi connectivity index (χ3n) is 2.38. The van der Waals surface area contributed by atoms with Gasteiger partial charge < -0.3 is 10.6 Å². The SMILES string of the molecule is CN(Cc1ncn[nH]1)C(=O)c1sccc1C#CCN. The highest BCUT2D eigenvalue weighted by molar-refractivity contribution is 7.12. The quantitative estimate of drug-likeness (QED) is 0.796. The smallest absolute Gasteiger partial charge is 0.265 e. The van der Waals surface area contributed by atoms with Crippen molar-refractivity contribution in [2.24, 2.45) is 5.73 Å². The number of H-pyrrole nitrogens is 1. The molecule has 3 N–H and O–H groups in total. The van der Waals surface area contributed by atoms with E-state index < -0.39 is 0 Å². The van der Waals surface area contributed by atoms with E-state index in [1.165, 1.54) is 17.7 Å². The zero-order valence-corrected chi connectivity index (χ0v) is 11.2. The monoisotopic (exact) mass is 275 g/mol. The highest BCUT2D eigenvalue weighted by Crippen LogP contribution is 2.18. The first-order valence-corrected chi connectivity index (χ1v) is 6.46. The van der Waals surface area contributed by atoms with Gasteiger partial charge >= 0.3 is 0 Å². The minimum Gasteiger partial charge on any atom is -0.333 e. The van der Waals surface area contributed by atoms with Crippen LogP contribution in [0.2, 0.25) is 0 Å². The van der Waals surface area contributed by atoms with Crippen molar-refractivity contribution in [3.05, 3.63) is 34.0 Å². The fourth-order valence-corrected chi connectivity index (χ4v) is 2.34. The van der Waals surface area contributed by atoms with Gasteiger partial charge in [0.2, 0.25) is 0 Å². The largest absolute Gasteiger partial charge is 0.333 e. The molecule has 2 rings (SSSR count). The van der Waals surface area contributed by atoms with Crippen LogP contribution >= 0.6 is 11.3 Å². The number of rotatable bonds is 3. The van der Waals surface area contributed by atoms with E-state index in [4.69, 9.17) is 5.73 Å². The van der Waals surface area contributed by atoms with E-state index in [9.17, 15) is 4.79 Å². The number of amides is 1. The predicted octanol–water partition coefficient (Wildman–Crippen LogP) is 0.449. The molecular weight excluding hydrogens is 262 g/mol. The number of thiophene rings is 1. The summed E-state index contributed by atoms with van der Waals surface area (Å²) >= 11 is 1.37. The third kappa shape index (κ3) is 3.19. The number of carbonyl (C=O) groups is 1. The summed E-state index contributed by atoms with van der Waals surface area (Å²) in [6.45, 7) is 0.651. The Hall–Kier alpha value is -2.17. The van der Waals surface area contributed by atoms with E-state index >= 15 is 0 Å². The lowest BCUT2D eigenvalue weighted by atomic mass is 10.2. The molecule has 0 aromatic carbocycles.